The van der Waals surface area contributed by atoms with Crippen molar-refractivity contribution in [1.29, 1.82) is 5.41 Å². The van der Waals surface area contributed by atoms with Crippen LogP contribution in [0.15, 0.2) is 12.1 Å². The summed E-state index contributed by atoms with van der Waals surface area (Å²) >= 11 is 0. The third-order valence-corrected chi connectivity index (χ3v) is 4.55. The van der Waals surface area contributed by atoms with Crippen molar-refractivity contribution in [3.63, 3.8) is 0 Å². The zero-order valence-corrected chi connectivity index (χ0v) is 13.0. The van der Waals surface area contributed by atoms with Crippen molar-refractivity contribution in [2.24, 2.45) is 5.73 Å². The molecule has 1 aliphatic heterocycles. The molecule has 2 aromatic rings. The van der Waals surface area contributed by atoms with Gasteiger partial charge in [0.25, 0.3) is 0 Å². The van der Waals surface area contributed by atoms with Gasteiger partial charge in [-0.3, -0.25) is 15.3 Å². The predicted octanol–water partition coefficient (Wildman–Crippen LogP) is 2.51. The zero-order valence-electron chi connectivity index (χ0n) is 13.0. The van der Waals surface area contributed by atoms with Crippen LogP contribution in [0.5, 0.6) is 0 Å². The quantitative estimate of drug-likeness (QED) is 0.657. The van der Waals surface area contributed by atoms with Gasteiger partial charge >= 0.3 is 0 Å². The molecule has 4 nitrogen and oxygen atoms in total. The van der Waals surface area contributed by atoms with Crippen molar-refractivity contribution in [2.75, 3.05) is 13.1 Å². The molecule has 0 atom stereocenters. The van der Waals surface area contributed by atoms with Crippen LogP contribution in [0.2, 0.25) is 0 Å². The molecule has 2 heterocycles. The van der Waals surface area contributed by atoms with E-state index in [-0.39, 0.29) is 5.84 Å². The van der Waals surface area contributed by atoms with E-state index in [2.05, 4.69) is 37.8 Å². The first-order valence-corrected chi connectivity index (χ1v) is 7.50. The molecule has 0 fully saturated rings. The lowest BCUT2D eigenvalue weighted by atomic mass is 9.93. The third-order valence-electron chi connectivity index (χ3n) is 4.55. The first-order valence-electron chi connectivity index (χ1n) is 7.50. The Labute approximate surface area is 125 Å². The van der Waals surface area contributed by atoms with Gasteiger partial charge in [0, 0.05) is 36.2 Å². The van der Waals surface area contributed by atoms with Gasteiger partial charge in [0.2, 0.25) is 0 Å². The minimum absolute atomic E-state index is 0.153. The van der Waals surface area contributed by atoms with Crippen molar-refractivity contribution in [1.82, 2.24) is 9.88 Å². The van der Waals surface area contributed by atoms with Crippen LogP contribution in [0.4, 0.5) is 0 Å². The maximum Gasteiger partial charge on any atom is 0.123 e. The van der Waals surface area contributed by atoms with Gasteiger partial charge in [0.15, 0.2) is 0 Å². The SMILES string of the molecule is CCN1CCc2nc3cc(C)c(C)cc3c(C(=N)N)c2C1. The lowest BCUT2D eigenvalue weighted by molar-refractivity contribution is 0.266. The van der Waals surface area contributed by atoms with Crippen molar-refractivity contribution in [2.45, 2.75) is 33.7 Å². The van der Waals surface area contributed by atoms with Crippen molar-refractivity contribution in [3.05, 3.63) is 40.1 Å². The Morgan fingerprint density at radius 2 is 2.05 bits per heavy atom. The fraction of sp³-hybridized carbons (Fsp3) is 0.412. The molecule has 0 amide bonds. The van der Waals surface area contributed by atoms with E-state index < -0.39 is 0 Å². The number of aryl methyl sites for hydroxylation is 2. The molecule has 1 aliphatic rings. The molecule has 0 saturated heterocycles. The van der Waals surface area contributed by atoms with Crippen LogP contribution >= 0.6 is 0 Å². The van der Waals surface area contributed by atoms with Gasteiger partial charge < -0.3 is 5.73 Å². The molecule has 110 valence electrons. The summed E-state index contributed by atoms with van der Waals surface area (Å²) in [4.78, 5) is 7.23. The second-order valence-corrected chi connectivity index (χ2v) is 5.90. The second-order valence-electron chi connectivity index (χ2n) is 5.90. The van der Waals surface area contributed by atoms with Gasteiger partial charge in [-0.2, -0.15) is 0 Å². The summed E-state index contributed by atoms with van der Waals surface area (Å²) in [7, 11) is 0. The topological polar surface area (TPSA) is 66.0 Å². The number of rotatable bonds is 2. The molecule has 0 saturated carbocycles. The Morgan fingerprint density at radius 3 is 2.71 bits per heavy atom. The number of nitrogen functional groups attached to an aromatic ring is 1. The highest BCUT2D eigenvalue weighted by Crippen LogP contribution is 2.29. The Morgan fingerprint density at radius 1 is 1.33 bits per heavy atom. The van der Waals surface area contributed by atoms with E-state index in [9.17, 15) is 0 Å². The monoisotopic (exact) mass is 282 g/mol. The molecule has 1 aromatic carbocycles. The molecule has 0 spiro atoms. The minimum atomic E-state index is 0.153. The molecular formula is C17H22N4. The summed E-state index contributed by atoms with van der Waals surface area (Å²) in [5, 5.41) is 9.05. The number of amidine groups is 1. The summed E-state index contributed by atoms with van der Waals surface area (Å²) < 4.78 is 0. The number of nitrogens with zero attached hydrogens (tertiary/aromatic N) is 2. The van der Waals surface area contributed by atoms with Gasteiger partial charge in [-0.15, -0.1) is 0 Å². The number of hydrogen-bond donors (Lipinski definition) is 2. The third kappa shape index (κ3) is 2.29. The van der Waals surface area contributed by atoms with Crippen LogP contribution in [0, 0.1) is 19.3 Å². The van der Waals surface area contributed by atoms with Gasteiger partial charge in [-0.05, 0) is 49.2 Å². The van der Waals surface area contributed by atoms with Crippen LogP contribution in [0.25, 0.3) is 10.9 Å². The molecule has 4 heteroatoms. The summed E-state index contributed by atoms with van der Waals surface area (Å²) in [5.74, 6) is 0.153. The normalized spacial score (nSPS) is 15.2. The lowest BCUT2D eigenvalue weighted by Gasteiger charge is -2.29. The highest BCUT2D eigenvalue weighted by atomic mass is 15.1. The van der Waals surface area contributed by atoms with Crippen LogP contribution < -0.4 is 5.73 Å². The molecule has 0 unspecified atom stereocenters. The molecule has 1 aromatic heterocycles. The van der Waals surface area contributed by atoms with Crippen LogP contribution in [0.3, 0.4) is 0 Å². The fourth-order valence-electron chi connectivity index (χ4n) is 3.13. The second kappa shape index (κ2) is 5.11. The Bertz CT molecular complexity index is 733. The Kier molecular flexibility index (Phi) is 3.41. The highest BCUT2D eigenvalue weighted by molar-refractivity contribution is 6.08. The number of nitrogens with one attached hydrogen (secondary N) is 1. The largest absolute Gasteiger partial charge is 0.384 e. The number of aromatic nitrogens is 1. The van der Waals surface area contributed by atoms with Crippen molar-refractivity contribution >= 4 is 16.7 Å². The fourth-order valence-corrected chi connectivity index (χ4v) is 3.13. The number of benzene rings is 1. The standard InChI is InChI=1S/C17H22N4/c1-4-21-6-5-14-13(9-21)16(17(18)19)12-7-10(2)11(3)8-15(12)20-14/h7-8H,4-6,9H2,1-3H3,(H3,18,19). The Balaban J connectivity index is 2.32. The number of nitrogens with two attached hydrogens (primary N) is 1. The van der Waals surface area contributed by atoms with E-state index in [1.165, 1.54) is 11.1 Å². The van der Waals surface area contributed by atoms with E-state index in [0.29, 0.717) is 0 Å². The molecule has 3 N–H and O–H groups in total. The van der Waals surface area contributed by atoms with E-state index in [0.717, 1.165) is 53.8 Å². The average Bonchev–Trinajstić information content (AvgIpc) is 2.45. The lowest BCUT2D eigenvalue weighted by Crippen LogP contribution is -2.33. The first kappa shape index (κ1) is 14.0. The number of hydrogen-bond acceptors (Lipinski definition) is 3. The Hall–Kier alpha value is -1.94. The summed E-state index contributed by atoms with van der Waals surface area (Å²) in [6, 6.07) is 4.24. The van der Waals surface area contributed by atoms with Crippen LogP contribution in [-0.4, -0.2) is 28.8 Å². The number of likely N-dealkylation sites (N-methyl/N-ethyl adjacent to an activating group) is 1. The van der Waals surface area contributed by atoms with Crippen LogP contribution in [0.1, 0.15) is 34.9 Å². The maximum atomic E-state index is 8.04. The highest BCUT2D eigenvalue weighted by Gasteiger charge is 2.23. The first-order chi connectivity index (χ1) is 10.0. The van der Waals surface area contributed by atoms with Gasteiger partial charge in [-0.1, -0.05) is 6.92 Å². The molecular weight excluding hydrogens is 260 g/mol. The average molecular weight is 282 g/mol. The summed E-state index contributed by atoms with van der Waals surface area (Å²) in [6.07, 6.45) is 0.937. The smallest absolute Gasteiger partial charge is 0.123 e. The molecule has 0 aliphatic carbocycles. The van der Waals surface area contributed by atoms with E-state index >= 15 is 0 Å². The molecule has 0 bridgehead atoms. The van der Waals surface area contributed by atoms with E-state index in [1.54, 1.807) is 0 Å². The maximum absolute atomic E-state index is 8.04. The minimum Gasteiger partial charge on any atom is -0.384 e. The van der Waals surface area contributed by atoms with Gasteiger partial charge in [0.05, 0.1) is 5.52 Å². The van der Waals surface area contributed by atoms with Gasteiger partial charge in [0.1, 0.15) is 5.84 Å². The predicted molar refractivity (Wildman–Crippen MR) is 86.9 cm³/mol. The number of fused-ring (bicyclic) bond motifs is 2. The summed E-state index contributed by atoms with van der Waals surface area (Å²) in [6.45, 7) is 9.25. The summed E-state index contributed by atoms with van der Waals surface area (Å²) in [5.41, 5.74) is 12.5. The van der Waals surface area contributed by atoms with Gasteiger partial charge in [-0.25, -0.2) is 0 Å². The van der Waals surface area contributed by atoms with E-state index in [4.69, 9.17) is 16.1 Å². The molecule has 0 radical (unpaired) electrons. The molecule has 21 heavy (non-hydrogen) atoms. The van der Waals surface area contributed by atoms with Crippen LogP contribution in [-0.2, 0) is 13.0 Å². The number of pyridine rings is 1. The van der Waals surface area contributed by atoms with E-state index in [1.807, 2.05) is 0 Å². The zero-order chi connectivity index (χ0) is 15.1. The van der Waals surface area contributed by atoms with Crippen molar-refractivity contribution in [3.8, 4) is 0 Å². The molecule has 3 rings (SSSR count). The van der Waals surface area contributed by atoms with Crippen molar-refractivity contribution < 1.29 is 0 Å².